The molecule has 2 aromatic rings. The monoisotopic (exact) mass is 305 g/mol. The lowest BCUT2D eigenvalue weighted by Gasteiger charge is -2.10. The zero-order valence-corrected chi connectivity index (χ0v) is 11.0. The number of nitrogens with one attached hydrogen (secondary N) is 2. The summed E-state index contributed by atoms with van der Waals surface area (Å²) >= 11 is 0. The third-order valence-electron chi connectivity index (χ3n) is 2.54. The highest BCUT2D eigenvalue weighted by atomic mass is 32.2. The molecule has 2 rings (SSSR count). The molecule has 1 aromatic heterocycles. The van der Waals surface area contributed by atoms with Crippen molar-refractivity contribution in [2.75, 3.05) is 4.72 Å². The molecule has 0 bridgehead atoms. The molecule has 0 atom stereocenters. The van der Waals surface area contributed by atoms with Gasteiger partial charge in [-0.25, -0.2) is 8.42 Å². The molecule has 0 fully saturated rings. The molecular formula is C11H10F3N3O2S. The first-order chi connectivity index (χ1) is 9.20. The summed E-state index contributed by atoms with van der Waals surface area (Å²) in [6, 6.07) is 3.51. The standard InChI is InChI=1S/C11H10F3N3O2S/c1-7-6-15-16-10(7)17-20(18,19)9-4-2-3-8(5-9)11(12,13)14/h2-6H,1H3,(H2,15,16,17). The van der Waals surface area contributed by atoms with Crippen LogP contribution in [0.2, 0.25) is 0 Å². The maximum Gasteiger partial charge on any atom is 0.416 e. The van der Waals surface area contributed by atoms with Gasteiger partial charge in [0.25, 0.3) is 10.0 Å². The Morgan fingerprint density at radius 1 is 1.30 bits per heavy atom. The Morgan fingerprint density at radius 2 is 2.00 bits per heavy atom. The molecule has 0 saturated heterocycles. The zero-order valence-electron chi connectivity index (χ0n) is 10.2. The Labute approximate surface area is 112 Å². The molecule has 0 spiro atoms. The van der Waals surface area contributed by atoms with Gasteiger partial charge in [-0.3, -0.25) is 9.82 Å². The van der Waals surface area contributed by atoms with E-state index in [2.05, 4.69) is 14.9 Å². The van der Waals surface area contributed by atoms with Gasteiger partial charge in [0.1, 0.15) is 5.82 Å². The van der Waals surface area contributed by atoms with Crippen LogP contribution in [0.15, 0.2) is 35.4 Å². The summed E-state index contributed by atoms with van der Waals surface area (Å²) in [7, 11) is -4.11. The summed E-state index contributed by atoms with van der Waals surface area (Å²) in [5, 5.41) is 6.04. The van der Waals surface area contributed by atoms with Crippen molar-refractivity contribution in [1.82, 2.24) is 10.2 Å². The minimum Gasteiger partial charge on any atom is -0.264 e. The second kappa shape index (κ2) is 4.82. The van der Waals surface area contributed by atoms with Crippen molar-refractivity contribution in [2.45, 2.75) is 18.0 Å². The fourth-order valence-electron chi connectivity index (χ4n) is 1.48. The van der Waals surface area contributed by atoms with Crippen LogP contribution in [-0.2, 0) is 16.2 Å². The average molecular weight is 305 g/mol. The van der Waals surface area contributed by atoms with Gasteiger partial charge in [0.15, 0.2) is 0 Å². The molecule has 0 aliphatic heterocycles. The number of anilines is 1. The van der Waals surface area contributed by atoms with Crippen LogP contribution < -0.4 is 4.72 Å². The molecule has 0 radical (unpaired) electrons. The maximum absolute atomic E-state index is 12.6. The van der Waals surface area contributed by atoms with E-state index in [1.165, 1.54) is 6.20 Å². The molecule has 0 amide bonds. The van der Waals surface area contributed by atoms with E-state index in [0.29, 0.717) is 11.6 Å². The minimum atomic E-state index is -4.60. The summed E-state index contributed by atoms with van der Waals surface area (Å²) in [5.41, 5.74) is -0.498. The molecule has 2 N–H and O–H groups in total. The van der Waals surface area contributed by atoms with Gasteiger partial charge < -0.3 is 0 Å². The van der Waals surface area contributed by atoms with Crippen molar-refractivity contribution in [2.24, 2.45) is 0 Å². The van der Waals surface area contributed by atoms with Gasteiger partial charge in [-0.1, -0.05) is 6.07 Å². The van der Waals surface area contributed by atoms with Crippen molar-refractivity contribution in [3.8, 4) is 0 Å². The average Bonchev–Trinajstić information content (AvgIpc) is 2.73. The maximum atomic E-state index is 12.6. The first kappa shape index (κ1) is 14.4. The van der Waals surface area contributed by atoms with Gasteiger partial charge in [0.05, 0.1) is 16.7 Å². The van der Waals surface area contributed by atoms with Crippen molar-refractivity contribution < 1.29 is 21.6 Å². The molecule has 0 aliphatic carbocycles. The summed E-state index contributed by atoms with van der Waals surface area (Å²) in [6.45, 7) is 1.60. The fraction of sp³-hybridized carbons (Fsp3) is 0.182. The number of nitrogens with zero attached hydrogens (tertiary/aromatic N) is 1. The second-order valence-corrected chi connectivity index (χ2v) is 5.74. The van der Waals surface area contributed by atoms with Crippen LogP contribution in [0.1, 0.15) is 11.1 Å². The highest BCUT2D eigenvalue weighted by molar-refractivity contribution is 7.92. The predicted molar refractivity (Wildman–Crippen MR) is 65.6 cm³/mol. The zero-order chi connectivity index (χ0) is 15.0. The SMILES string of the molecule is Cc1cn[nH]c1NS(=O)(=O)c1cccc(C(F)(F)F)c1. The third-order valence-corrected chi connectivity index (χ3v) is 3.88. The van der Waals surface area contributed by atoms with E-state index in [0.717, 1.165) is 18.2 Å². The minimum absolute atomic E-state index is 0.113. The predicted octanol–water partition coefficient (Wildman–Crippen LogP) is 2.54. The lowest BCUT2D eigenvalue weighted by atomic mass is 10.2. The Balaban J connectivity index is 2.38. The summed E-state index contributed by atoms with van der Waals surface area (Å²) < 4.78 is 63.9. The number of aromatic amines is 1. The van der Waals surface area contributed by atoms with Crippen molar-refractivity contribution in [3.63, 3.8) is 0 Å². The Hall–Kier alpha value is -2.03. The number of hydrogen-bond donors (Lipinski definition) is 2. The first-order valence-electron chi connectivity index (χ1n) is 5.40. The molecule has 0 aliphatic rings. The number of alkyl halides is 3. The normalized spacial score (nSPS) is 12.4. The van der Waals surface area contributed by atoms with Gasteiger partial charge >= 0.3 is 6.18 Å². The van der Waals surface area contributed by atoms with Crippen LogP contribution in [0.4, 0.5) is 19.0 Å². The van der Waals surface area contributed by atoms with Crippen LogP contribution in [0.25, 0.3) is 0 Å². The lowest BCUT2D eigenvalue weighted by Crippen LogP contribution is -2.15. The fourth-order valence-corrected chi connectivity index (χ4v) is 2.62. The molecular weight excluding hydrogens is 295 g/mol. The van der Waals surface area contributed by atoms with Gasteiger partial charge in [0, 0.05) is 5.56 Å². The van der Waals surface area contributed by atoms with Crippen LogP contribution in [0, 0.1) is 6.92 Å². The molecule has 5 nitrogen and oxygen atoms in total. The van der Waals surface area contributed by atoms with Crippen molar-refractivity contribution in [3.05, 3.63) is 41.6 Å². The molecule has 20 heavy (non-hydrogen) atoms. The number of hydrogen-bond acceptors (Lipinski definition) is 3. The van der Waals surface area contributed by atoms with Gasteiger partial charge in [-0.2, -0.15) is 18.3 Å². The van der Waals surface area contributed by atoms with Crippen LogP contribution in [0.5, 0.6) is 0 Å². The topological polar surface area (TPSA) is 74.8 Å². The van der Waals surface area contributed by atoms with E-state index in [9.17, 15) is 21.6 Å². The molecule has 9 heteroatoms. The Morgan fingerprint density at radius 3 is 2.55 bits per heavy atom. The quantitative estimate of drug-likeness (QED) is 0.915. The van der Waals surface area contributed by atoms with E-state index in [1.807, 2.05) is 0 Å². The van der Waals surface area contributed by atoms with Crippen LogP contribution in [0.3, 0.4) is 0 Å². The number of benzene rings is 1. The number of aromatic nitrogens is 2. The van der Waals surface area contributed by atoms with E-state index in [1.54, 1.807) is 6.92 Å². The number of aryl methyl sites for hydroxylation is 1. The molecule has 0 unspecified atom stereocenters. The van der Waals surface area contributed by atoms with E-state index < -0.39 is 26.7 Å². The van der Waals surface area contributed by atoms with Crippen LogP contribution >= 0.6 is 0 Å². The van der Waals surface area contributed by atoms with Gasteiger partial charge in [0.2, 0.25) is 0 Å². The Bertz CT molecular complexity index is 723. The molecule has 0 saturated carbocycles. The highest BCUT2D eigenvalue weighted by Crippen LogP contribution is 2.30. The second-order valence-electron chi connectivity index (χ2n) is 4.06. The summed E-state index contributed by atoms with van der Waals surface area (Å²) in [4.78, 5) is -0.471. The summed E-state index contributed by atoms with van der Waals surface area (Å²) in [5.74, 6) is 0.113. The van der Waals surface area contributed by atoms with Crippen molar-refractivity contribution >= 4 is 15.8 Å². The number of halogens is 3. The largest absolute Gasteiger partial charge is 0.416 e. The molecule has 1 aromatic carbocycles. The number of rotatable bonds is 3. The lowest BCUT2D eigenvalue weighted by molar-refractivity contribution is -0.137. The highest BCUT2D eigenvalue weighted by Gasteiger charge is 2.31. The summed E-state index contributed by atoms with van der Waals surface area (Å²) in [6.07, 6.45) is -3.21. The van der Waals surface area contributed by atoms with E-state index in [4.69, 9.17) is 0 Å². The van der Waals surface area contributed by atoms with Gasteiger partial charge in [-0.15, -0.1) is 0 Å². The third kappa shape index (κ3) is 2.93. The molecule has 1 heterocycles. The molecule has 108 valence electrons. The van der Waals surface area contributed by atoms with Gasteiger partial charge in [-0.05, 0) is 25.1 Å². The number of sulfonamides is 1. The van der Waals surface area contributed by atoms with E-state index in [-0.39, 0.29) is 5.82 Å². The Kier molecular flexibility index (Phi) is 3.46. The van der Waals surface area contributed by atoms with E-state index >= 15 is 0 Å². The van der Waals surface area contributed by atoms with Crippen LogP contribution in [-0.4, -0.2) is 18.6 Å². The number of H-pyrrole nitrogens is 1. The first-order valence-corrected chi connectivity index (χ1v) is 6.88. The smallest absolute Gasteiger partial charge is 0.264 e. The van der Waals surface area contributed by atoms with Crippen molar-refractivity contribution in [1.29, 1.82) is 0 Å².